The number of thioether (sulfide) groups is 1. The third-order valence-electron chi connectivity index (χ3n) is 7.90. The fourth-order valence-electron chi connectivity index (χ4n) is 6.83. The number of carbonyl (C=O) groups is 1. The minimum atomic E-state index is -0.242. The second kappa shape index (κ2) is 8.84. The van der Waals surface area contributed by atoms with Gasteiger partial charge in [0.2, 0.25) is 5.91 Å². The molecule has 0 radical (unpaired) electrons. The molecule has 34 heavy (non-hydrogen) atoms. The highest BCUT2D eigenvalue weighted by Gasteiger charge is 2.51. The van der Waals surface area contributed by atoms with E-state index in [0.717, 1.165) is 34.3 Å². The first-order valence-electron chi connectivity index (χ1n) is 12.4. The van der Waals surface area contributed by atoms with Crippen LogP contribution in [0.2, 0.25) is 0 Å². The molecule has 7 rings (SSSR count). The summed E-state index contributed by atoms with van der Waals surface area (Å²) in [5.74, 6) is 3.33. The Morgan fingerprint density at radius 1 is 1.06 bits per heavy atom. The van der Waals surface area contributed by atoms with Crippen LogP contribution in [0.4, 0.5) is 0 Å². The van der Waals surface area contributed by atoms with E-state index >= 15 is 0 Å². The molecule has 4 bridgehead atoms. The standard InChI is InChI=1S/C27H31N5OS/c1-18(25(33)29-27-13-20-10-21(14-27)12-22(11-20)15-27)34-26-31-30-24(23-8-5-9-28-16-23)32(26)17-19-6-3-2-4-7-19/h2-9,16,18,20-22H,10-15,17H2,1H3,(H,29,33)/t18-,20?,21?,22?,27?/m0/s1. The molecule has 176 valence electrons. The van der Waals surface area contributed by atoms with Crippen molar-refractivity contribution in [3.8, 4) is 11.4 Å². The molecular formula is C27H31N5OS. The molecule has 4 aliphatic rings. The van der Waals surface area contributed by atoms with Crippen LogP contribution < -0.4 is 5.32 Å². The third-order valence-corrected chi connectivity index (χ3v) is 8.98. The molecular weight excluding hydrogens is 442 g/mol. The number of rotatable bonds is 7. The van der Waals surface area contributed by atoms with Gasteiger partial charge in [-0.1, -0.05) is 42.1 Å². The van der Waals surface area contributed by atoms with E-state index in [9.17, 15) is 4.79 Å². The largest absolute Gasteiger partial charge is 0.350 e. The van der Waals surface area contributed by atoms with E-state index in [1.807, 2.05) is 43.5 Å². The van der Waals surface area contributed by atoms with Crippen LogP contribution in [0.15, 0.2) is 60.0 Å². The third kappa shape index (κ3) is 4.26. The van der Waals surface area contributed by atoms with Gasteiger partial charge in [-0.05, 0) is 80.9 Å². The Bertz CT molecular complexity index is 1130. The zero-order valence-corrected chi connectivity index (χ0v) is 20.4. The lowest BCUT2D eigenvalue weighted by Crippen LogP contribution is -2.60. The van der Waals surface area contributed by atoms with E-state index in [1.165, 1.54) is 55.9 Å². The zero-order chi connectivity index (χ0) is 23.1. The van der Waals surface area contributed by atoms with E-state index in [1.54, 1.807) is 6.20 Å². The SMILES string of the molecule is C[C@H](Sc1nnc(-c2cccnc2)n1Cc1ccccc1)C(=O)NC12CC3CC(CC(C3)C1)C2. The summed E-state index contributed by atoms with van der Waals surface area (Å²) < 4.78 is 2.10. The summed E-state index contributed by atoms with van der Waals surface area (Å²) >= 11 is 1.50. The molecule has 1 amide bonds. The van der Waals surface area contributed by atoms with Crippen molar-refractivity contribution >= 4 is 17.7 Å². The molecule has 0 unspecified atom stereocenters. The molecule has 4 aliphatic carbocycles. The summed E-state index contributed by atoms with van der Waals surface area (Å²) in [5, 5.41) is 13.0. The Hall–Kier alpha value is -2.67. The van der Waals surface area contributed by atoms with Crippen LogP contribution in [0.3, 0.4) is 0 Å². The summed E-state index contributed by atoms with van der Waals surface area (Å²) in [6.45, 7) is 2.63. The predicted octanol–water partition coefficient (Wildman–Crippen LogP) is 4.95. The average Bonchev–Trinajstić information content (AvgIpc) is 3.21. The Labute approximate surface area is 205 Å². The average molecular weight is 474 g/mol. The van der Waals surface area contributed by atoms with E-state index in [0.29, 0.717) is 6.54 Å². The van der Waals surface area contributed by atoms with Gasteiger partial charge in [0.15, 0.2) is 11.0 Å². The summed E-state index contributed by atoms with van der Waals surface area (Å²) in [7, 11) is 0. The number of pyridine rings is 1. The monoisotopic (exact) mass is 473 g/mol. The van der Waals surface area contributed by atoms with Crippen LogP contribution in [0, 0.1) is 17.8 Å². The molecule has 6 nitrogen and oxygen atoms in total. The molecule has 2 aromatic heterocycles. The van der Waals surface area contributed by atoms with Crippen molar-refractivity contribution in [3.63, 3.8) is 0 Å². The van der Waals surface area contributed by atoms with E-state index < -0.39 is 0 Å². The first-order valence-corrected chi connectivity index (χ1v) is 13.3. The summed E-state index contributed by atoms with van der Waals surface area (Å²) in [6, 6.07) is 14.2. The highest BCUT2D eigenvalue weighted by atomic mass is 32.2. The van der Waals surface area contributed by atoms with Crippen molar-refractivity contribution < 1.29 is 4.79 Å². The molecule has 3 aromatic rings. The number of nitrogens with one attached hydrogen (secondary N) is 1. The van der Waals surface area contributed by atoms with Gasteiger partial charge in [-0.15, -0.1) is 10.2 Å². The van der Waals surface area contributed by atoms with Crippen molar-refractivity contribution in [2.45, 2.75) is 67.9 Å². The van der Waals surface area contributed by atoms with Crippen molar-refractivity contribution in [3.05, 3.63) is 60.4 Å². The van der Waals surface area contributed by atoms with E-state index in [-0.39, 0.29) is 16.7 Å². The molecule has 2 heterocycles. The highest BCUT2D eigenvalue weighted by molar-refractivity contribution is 8.00. The second-order valence-corrected chi connectivity index (χ2v) is 11.9. The molecule has 7 heteroatoms. The normalized spacial score (nSPS) is 28.1. The fourth-order valence-corrected chi connectivity index (χ4v) is 7.68. The van der Waals surface area contributed by atoms with Gasteiger partial charge >= 0.3 is 0 Å². The Kier molecular flexibility index (Phi) is 5.68. The van der Waals surface area contributed by atoms with Crippen LogP contribution in [-0.4, -0.2) is 36.4 Å². The van der Waals surface area contributed by atoms with Crippen molar-refractivity contribution in [2.75, 3.05) is 0 Å². The Balaban J connectivity index is 1.22. The number of nitrogens with zero attached hydrogens (tertiary/aromatic N) is 4. The van der Waals surface area contributed by atoms with Crippen LogP contribution in [-0.2, 0) is 11.3 Å². The smallest absolute Gasteiger partial charge is 0.233 e. The zero-order valence-electron chi connectivity index (χ0n) is 19.6. The maximum atomic E-state index is 13.4. The van der Waals surface area contributed by atoms with Gasteiger partial charge in [0, 0.05) is 23.5 Å². The maximum absolute atomic E-state index is 13.4. The molecule has 0 aliphatic heterocycles. The van der Waals surface area contributed by atoms with Crippen LogP contribution >= 0.6 is 11.8 Å². The van der Waals surface area contributed by atoms with Crippen molar-refractivity contribution in [1.82, 2.24) is 25.1 Å². The number of aromatic nitrogens is 4. The van der Waals surface area contributed by atoms with Crippen LogP contribution in [0.1, 0.15) is 51.0 Å². The number of carbonyl (C=O) groups excluding carboxylic acids is 1. The second-order valence-electron chi connectivity index (χ2n) is 10.6. The quantitative estimate of drug-likeness (QED) is 0.492. The number of hydrogen-bond donors (Lipinski definition) is 1. The number of hydrogen-bond acceptors (Lipinski definition) is 5. The number of benzene rings is 1. The Morgan fingerprint density at radius 2 is 1.76 bits per heavy atom. The van der Waals surface area contributed by atoms with Gasteiger partial charge in [0.05, 0.1) is 11.8 Å². The van der Waals surface area contributed by atoms with Gasteiger partial charge in [-0.25, -0.2) is 0 Å². The first kappa shape index (κ1) is 21.8. The predicted molar refractivity (Wildman–Crippen MR) is 133 cm³/mol. The molecule has 0 spiro atoms. The van der Waals surface area contributed by atoms with Gasteiger partial charge in [-0.2, -0.15) is 0 Å². The minimum Gasteiger partial charge on any atom is -0.350 e. The molecule has 1 N–H and O–H groups in total. The van der Waals surface area contributed by atoms with E-state index in [4.69, 9.17) is 0 Å². The lowest BCUT2D eigenvalue weighted by Gasteiger charge is -2.57. The summed E-state index contributed by atoms with van der Waals surface area (Å²) in [6.07, 6.45) is 11.2. The van der Waals surface area contributed by atoms with Gasteiger partial charge in [0.1, 0.15) is 0 Å². The van der Waals surface area contributed by atoms with Gasteiger partial charge < -0.3 is 5.32 Å². The topological polar surface area (TPSA) is 72.7 Å². The molecule has 4 fully saturated rings. The minimum absolute atomic E-state index is 0.0270. The molecule has 1 aromatic carbocycles. The van der Waals surface area contributed by atoms with Crippen LogP contribution in [0.5, 0.6) is 0 Å². The van der Waals surface area contributed by atoms with Crippen molar-refractivity contribution in [2.24, 2.45) is 17.8 Å². The van der Waals surface area contributed by atoms with Crippen molar-refractivity contribution in [1.29, 1.82) is 0 Å². The molecule has 1 atom stereocenters. The lowest BCUT2D eigenvalue weighted by atomic mass is 9.53. The van der Waals surface area contributed by atoms with Gasteiger partial charge in [0.25, 0.3) is 0 Å². The molecule has 0 saturated heterocycles. The maximum Gasteiger partial charge on any atom is 0.233 e. The van der Waals surface area contributed by atoms with Gasteiger partial charge in [-0.3, -0.25) is 14.3 Å². The highest BCUT2D eigenvalue weighted by Crippen LogP contribution is 2.55. The Morgan fingerprint density at radius 3 is 2.41 bits per heavy atom. The van der Waals surface area contributed by atoms with E-state index in [2.05, 4.69) is 37.2 Å². The summed E-state index contributed by atoms with van der Waals surface area (Å²) in [5.41, 5.74) is 2.11. The fraction of sp³-hybridized carbons (Fsp3) is 0.481. The number of amides is 1. The lowest BCUT2D eigenvalue weighted by molar-refractivity contribution is -0.126. The summed E-state index contributed by atoms with van der Waals surface area (Å²) in [4.78, 5) is 17.6. The first-order chi connectivity index (χ1) is 16.6. The molecule has 4 saturated carbocycles. The van der Waals surface area contributed by atoms with Crippen LogP contribution in [0.25, 0.3) is 11.4 Å².